The number of hydrogen-bond donors (Lipinski definition) is 1. The van der Waals surface area contributed by atoms with Crippen molar-refractivity contribution in [2.24, 2.45) is 0 Å². The van der Waals surface area contributed by atoms with Crippen LogP contribution in [-0.2, 0) is 19.7 Å². The number of halogens is 1. The van der Waals surface area contributed by atoms with Crippen molar-refractivity contribution >= 4 is 27.6 Å². The molecule has 0 aromatic carbocycles. The van der Waals surface area contributed by atoms with Gasteiger partial charge in [0.15, 0.2) is 0 Å². The average molecular weight is 292 g/mol. The van der Waals surface area contributed by atoms with Crippen molar-refractivity contribution in [2.45, 2.75) is 31.6 Å². The van der Waals surface area contributed by atoms with Gasteiger partial charge in [-0.3, -0.25) is 4.84 Å². The molecule has 1 aliphatic rings. The zero-order valence-electron chi connectivity index (χ0n) is 10.2. The van der Waals surface area contributed by atoms with E-state index in [9.17, 15) is 13.2 Å². The van der Waals surface area contributed by atoms with E-state index in [4.69, 9.17) is 16.4 Å². The van der Waals surface area contributed by atoms with E-state index in [-0.39, 0.29) is 10.6 Å². The van der Waals surface area contributed by atoms with Crippen molar-refractivity contribution < 1.29 is 18.0 Å². The van der Waals surface area contributed by atoms with Crippen molar-refractivity contribution in [1.82, 2.24) is 4.89 Å². The maximum absolute atomic E-state index is 11.9. The third-order valence-corrected chi connectivity index (χ3v) is 3.58. The Morgan fingerprint density at radius 1 is 1.44 bits per heavy atom. The van der Waals surface area contributed by atoms with Gasteiger partial charge in [0.25, 0.3) is 0 Å². The van der Waals surface area contributed by atoms with Gasteiger partial charge in [-0.2, -0.15) is 0 Å². The Kier molecular flexibility index (Phi) is 4.53. The van der Waals surface area contributed by atoms with Gasteiger partial charge in [0.1, 0.15) is 11.2 Å². The van der Waals surface area contributed by atoms with Gasteiger partial charge in [0, 0.05) is 5.03 Å². The standard InChI is InChI=1S/C11H14ClNO4S/c1-11(2,3)17-13-18(15,16)10-5-4-9(12)6-8(10)7-14/h4-6,10,13H,1-3H3. The van der Waals surface area contributed by atoms with Gasteiger partial charge in [-0.05, 0) is 32.9 Å². The summed E-state index contributed by atoms with van der Waals surface area (Å²) < 4.78 is 23.9. The number of rotatable bonds is 3. The van der Waals surface area contributed by atoms with Gasteiger partial charge in [-0.1, -0.05) is 22.6 Å². The fourth-order valence-corrected chi connectivity index (χ4v) is 2.55. The molecule has 0 saturated carbocycles. The topological polar surface area (TPSA) is 72.5 Å². The first-order valence-corrected chi connectivity index (χ1v) is 7.07. The Bertz CT molecular complexity index is 536. The maximum atomic E-state index is 11.9. The summed E-state index contributed by atoms with van der Waals surface area (Å²) in [6.07, 6.45) is 3.97. The van der Waals surface area contributed by atoms with Crippen LogP contribution in [0.25, 0.3) is 0 Å². The Labute approximate surface area is 111 Å². The third-order valence-electron chi connectivity index (χ3n) is 1.95. The average Bonchev–Trinajstić information content (AvgIpc) is 2.25. The Hall–Kier alpha value is -0.910. The van der Waals surface area contributed by atoms with E-state index in [0.29, 0.717) is 0 Å². The van der Waals surface area contributed by atoms with Crippen LogP contribution < -0.4 is 4.89 Å². The second-order valence-corrected chi connectivity index (χ2v) is 6.91. The minimum Gasteiger partial charge on any atom is -0.281 e. The number of nitrogens with one attached hydrogen (secondary N) is 1. The highest BCUT2D eigenvalue weighted by molar-refractivity contribution is 7.90. The molecule has 0 radical (unpaired) electrons. The van der Waals surface area contributed by atoms with Crippen LogP contribution in [0.3, 0.4) is 0 Å². The molecule has 100 valence electrons. The number of sulfonamides is 1. The van der Waals surface area contributed by atoms with E-state index in [2.05, 4.69) is 0 Å². The predicted octanol–water partition coefficient (Wildman–Crippen LogP) is 1.46. The summed E-state index contributed by atoms with van der Waals surface area (Å²) in [6, 6.07) is 0. The highest BCUT2D eigenvalue weighted by Gasteiger charge is 2.30. The number of allylic oxidation sites excluding steroid dienone is 3. The van der Waals surface area contributed by atoms with Crippen molar-refractivity contribution in [3.8, 4) is 0 Å². The minimum absolute atomic E-state index is 0.0625. The lowest BCUT2D eigenvalue weighted by atomic mass is 10.1. The molecule has 1 unspecified atom stereocenters. The summed E-state index contributed by atoms with van der Waals surface area (Å²) in [5, 5.41) is -0.878. The molecule has 0 aromatic heterocycles. The van der Waals surface area contributed by atoms with Gasteiger partial charge >= 0.3 is 0 Å². The van der Waals surface area contributed by atoms with Gasteiger partial charge in [0.2, 0.25) is 10.0 Å². The largest absolute Gasteiger partial charge is 0.281 e. The lowest BCUT2D eigenvalue weighted by molar-refractivity contribution is -0.0358. The van der Waals surface area contributed by atoms with Gasteiger partial charge in [-0.25, -0.2) is 13.2 Å². The summed E-state index contributed by atoms with van der Waals surface area (Å²) >= 11 is 5.68. The molecular weight excluding hydrogens is 278 g/mol. The van der Waals surface area contributed by atoms with Crippen molar-refractivity contribution in [1.29, 1.82) is 0 Å². The van der Waals surface area contributed by atoms with E-state index in [1.54, 1.807) is 26.7 Å². The van der Waals surface area contributed by atoms with E-state index in [1.165, 1.54) is 18.2 Å². The molecule has 0 bridgehead atoms. The monoisotopic (exact) mass is 291 g/mol. The lowest BCUT2D eigenvalue weighted by Gasteiger charge is -2.22. The molecule has 0 saturated heterocycles. The van der Waals surface area contributed by atoms with E-state index < -0.39 is 20.9 Å². The molecule has 1 aliphatic carbocycles. The Balaban J connectivity index is 2.94. The number of hydrogen-bond acceptors (Lipinski definition) is 4. The van der Waals surface area contributed by atoms with Crippen molar-refractivity contribution in [3.63, 3.8) is 0 Å². The Morgan fingerprint density at radius 3 is 2.56 bits per heavy atom. The molecule has 7 heteroatoms. The quantitative estimate of drug-likeness (QED) is 0.631. The van der Waals surface area contributed by atoms with Gasteiger partial charge in [0.05, 0.1) is 11.2 Å². The highest BCUT2D eigenvalue weighted by Crippen LogP contribution is 2.22. The summed E-state index contributed by atoms with van der Waals surface area (Å²) in [5.74, 6) is 1.57. The van der Waals surface area contributed by atoms with Crippen LogP contribution in [0.5, 0.6) is 0 Å². The molecule has 5 nitrogen and oxygen atoms in total. The number of carbonyl (C=O) groups excluding carboxylic acids is 1. The van der Waals surface area contributed by atoms with E-state index >= 15 is 0 Å². The Morgan fingerprint density at radius 2 is 2.06 bits per heavy atom. The van der Waals surface area contributed by atoms with Crippen LogP contribution in [0.2, 0.25) is 0 Å². The fourth-order valence-electron chi connectivity index (χ4n) is 1.15. The minimum atomic E-state index is -3.86. The molecule has 1 N–H and O–H groups in total. The van der Waals surface area contributed by atoms with Crippen LogP contribution in [-0.4, -0.2) is 25.2 Å². The van der Waals surface area contributed by atoms with Crippen LogP contribution in [0, 0.1) is 0 Å². The fraction of sp³-hybridized carbons (Fsp3) is 0.455. The second-order valence-electron chi connectivity index (χ2n) is 4.71. The third kappa shape index (κ3) is 4.08. The van der Waals surface area contributed by atoms with Crippen LogP contribution in [0.15, 0.2) is 28.8 Å². The first-order chi connectivity index (χ1) is 8.15. The first kappa shape index (κ1) is 15.1. The molecule has 0 amide bonds. The maximum Gasteiger partial charge on any atom is 0.244 e. The summed E-state index contributed by atoms with van der Waals surface area (Å²) in [4.78, 5) is 17.7. The predicted molar refractivity (Wildman–Crippen MR) is 69.0 cm³/mol. The van der Waals surface area contributed by atoms with Crippen LogP contribution in [0.1, 0.15) is 20.8 Å². The highest BCUT2D eigenvalue weighted by atomic mass is 35.5. The van der Waals surface area contributed by atoms with Crippen LogP contribution in [0.4, 0.5) is 0 Å². The molecule has 18 heavy (non-hydrogen) atoms. The molecule has 1 rings (SSSR count). The molecular formula is C11H14ClNO4S. The molecule has 0 spiro atoms. The van der Waals surface area contributed by atoms with Crippen LogP contribution >= 0.6 is 11.6 Å². The zero-order chi connectivity index (χ0) is 14.0. The summed E-state index contributed by atoms with van der Waals surface area (Å²) in [5.41, 5.74) is -0.739. The van der Waals surface area contributed by atoms with E-state index in [1.807, 2.05) is 4.89 Å². The van der Waals surface area contributed by atoms with Gasteiger partial charge in [-0.15, -0.1) is 0 Å². The smallest absolute Gasteiger partial charge is 0.244 e. The lowest BCUT2D eigenvalue weighted by Crippen LogP contribution is -2.39. The molecule has 0 aliphatic heterocycles. The molecule has 0 aromatic rings. The zero-order valence-corrected chi connectivity index (χ0v) is 11.8. The molecule has 1 atom stereocenters. The molecule has 0 fully saturated rings. The normalized spacial score (nSPS) is 20.6. The second kappa shape index (κ2) is 5.38. The van der Waals surface area contributed by atoms with Crippen molar-refractivity contribution in [3.05, 3.63) is 28.8 Å². The van der Waals surface area contributed by atoms with Crippen molar-refractivity contribution in [2.75, 3.05) is 0 Å². The first-order valence-electron chi connectivity index (χ1n) is 5.15. The van der Waals surface area contributed by atoms with E-state index in [0.717, 1.165) is 0 Å². The summed E-state index contributed by atoms with van der Waals surface area (Å²) in [6.45, 7) is 5.08. The molecule has 0 heterocycles. The van der Waals surface area contributed by atoms with Gasteiger partial charge < -0.3 is 0 Å². The SMILES string of the molecule is CC(C)(C)ONS(=O)(=O)C1C=CC(Cl)=CC1=C=O. The summed E-state index contributed by atoms with van der Waals surface area (Å²) in [7, 11) is -3.86.